The standard InChI is InChI=1S/C9H17N3O/c1-2-3-9(13)12-5-4-8(6-12)11-7-10/h7-8H,2-6H2,1H3,(H2,10,11). The molecule has 1 rings (SSSR count). The van der Waals surface area contributed by atoms with Crippen LogP contribution in [-0.4, -0.2) is 36.3 Å². The minimum absolute atomic E-state index is 0.228. The van der Waals surface area contributed by atoms with E-state index in [9.17, 15) is 4.79 Å². The Balaban J connectivity index is 2.36. The molecule has 0 aromatic carbocycles. The van der Waals surface area contributed by atoms with Crippen LogP contribution in [0.5, 0.6) is 0 Å². The summed E-state index contributed by atoms with van der Waals surface area (Å²) in [5.74, 6) is 0.247. The Kier molecular flexibility index (Phi) is 3.73. The van der Waals surface area contributed by atoms with E-state index in [2.05, 4.69) is 4.99 Å². The molecule has 1 aliphatic heterocycles. The summed E-state index contributed by atoms with van der Waals surface area (Å²) in [7, 11) is 0. The van der Waals surface area contributed by atoms with Gasteiger partial charge in [0.2, 0.25) is 5.91 Å². The van der Waals surface area contributed by atoms with Crippen molar-refractivity contribution < 1.29 is 4.79 Å². The maximum Gasteiger partial charge on any atom is 0.222 e. The summed E-state index contributed by atoms with van der Waals surface area (Å²) in [6, 6.07) is 0.228. The molecule has 1 unspecified atom stereocenters. The summed E-state index contributed by atoms with van der Waals surface area (Å²) < 4.78 is 0. The molecule has 13 heavy (non-hydrogen) atoms. The first-order chi connectivity index (χ1) is 6.27. The van der Waals surface area contributed by atoms with E-state index in [0.29, 0.717) is 6.42 Å². The lowest BCUT2D eigenvalue weighted by Crippen LogP contribution is -2.28. The molecule has 0 spiro atoms. The lowest BCUT2D eigenvalue weighted by Gasteiger charge is -2.14. The molecule has 1 heterocycles. The Hall–Kier alpha value is -1.06. The van der Waals surface area contributed by atoms with E-state index < -0.39 is 0 Å². The average molecular weight is 183 g/mol. The van der Waals surface area contributed by atoms with E-state index in [-0.39, 0.29) is 11.9 Å². The maximum atomic E-state index is 11.4. The Morgan fingerprint density at radius 1 is 1.77 bits per heavy atom. The van der Waals surface area contributed by atoms with Crippen LogP contribution < -0.4 is 5.73 Å². The molecule has 4 heteroatoms. The van der Waals surface area contributed by atoms with Crippen LogP contribution in [0.15, 0.2) is 4.99 Å². The second-order valence-corrected chi connectivity index (χ2v) is 3.33. The molecule has 1 saturated heterocycles. The summed E-state index contributed by atoms with van der Waals surface area (Å²) in [4.78, 5) is 17.4. The number of aliphatic imine (C=N–C) groups is 1. The van der Waals surface area contributed by atoms with Crippen molar-refractivity contribution in [1.29, 1.82) is 0 Å². The van der Waals surface area contributed by atoms with Crippen LogP contribution >= 0.6 is 0 Å². The van der Waals surface area contributed by atoms with Gasteiger partial charge in [0.1, 0.15) is 0 Å². The second-order valence-electron chi connectivity index (χ2n) is 3.33. The second kappa shape index (κ2) is 4.84. The van der Waals surface area contributed by atoms with Gasteiger partial charge in [-0.15, -0.1) is 0 Å². The number of carbonyl (C=O) groups excluding carboxylic acids is 1. The Morgan fingerprint density at radius 3 is 3.15 bits per heavy atom. The highest BCUT2D eigenvalue weighted by Gasteiger charge is 2.24. The average Bonchev–Trinajstić information content (AvgIpc) is 2.54. The topological polar surface area (TPSA) is 58.7 Å². The minimum Gasteiger partial charge on any atom is -0.390 e. The summed E-state index contributed by atoms with van der Waals surface area (Å²) in [6.07, 6.45) is 3.85. The van der Waals surface area contributed by atoms with Gasteiger partial charge in [-0.25, -0.2) is 0 Å². The van der Waals surface area contributed by atoms with Gasteiger partial charge in [-0.1, -0.05) is 6.92 Å². The molecular weight excluding hydrogens is 166 g/mol. The quantitative estimate of drug-likeness (QED) is 0.508. The highest BCUT2D eigenvalue weighted by molar-refractivity contribution is 5.76. The molecule has 74 valence electrons. The van der Waals surface area contributed by atoms with Crippen molar-refractivity contribution in [3.63, 3.8) is 0 Å². The lowest BCUT2D eigenvalue weighted by molar-refractivity contribution is -0.130. The van der Waals surface area contributed by atoms with Gasteiger partial charge in [0, 0.05) is 19.5 Å². The zero-order valence-electron chi connectivity index (χ0n) is 8.07. The van der Waals surface area contributed by atoms with Crippen molar-refractivity contribution in [3.05, 3.63) is 0 Å². The number of nitrogens with two attached hydrogens (primary N) is 1. The van der Waals surface area contributed by atoms with Crippen molar-refractivity contribution in [2.75, 3.05) is 13.1 Å². The first-order valence-electron chi connectivity index (χ1n) is 4.79. The predicted molar refractivity (Wildman–Crippen MR) is 52.6 cm³/mol. The van der Waals surface area contributed by atoms with Crippen molar-refractivity contribution in [2.45, 2.75) is 32.2 Å². The number of hydrogen-bond donors (Lipinski definition) is 1. The van der Waals surface area contributed by atoms with Crippen LogP contribution in [0.4, 0.5) is 0 Å². The van der Waals surface area contributed by atoms with Gasteiger partial charge >= 0.3 is 0 Å². The molecule has 1 amide bonds. The van der Waals surface area contributed by atoms with E-state index in [1.165, 1.54) is 6.34 Å². The molecule has 1 fully saturated rings. The van der Waals surface area contributed by atoms with Gasteiger partial charge in [0.15, 0.2) is 0 Å². The van der Waals surface area contributed by atoms with Crippen molar-refractivity contribution >= 4 is 12.2 Å². The first kappa shape index (κ1) is 10.0. The monoisotopic (exact) mass is 183 g/mol. The number of nitrogens with zero attached hydrogens (tertiary/aromatic N) is 2. The summed E-state index contributed by atoms with van der Waals surface area (Å²) >= 11 is 0. The molecule has 1 aliphatic rings. The van der Waals surface area contributed by atoms with Crippen molar-refractivity contribution in [2.24, 2.45) is 10.7 Å². The van der Waals surface area contributed by atoms with Crippen molar-refractivity contribution in [1.82, 2.24) is 4.90 Å². The van der Waals surface area contributed by atoms with E-state index in [4.69, 9.17) is 5.73 Å². The molecule has 0 aromatic rings. The molecule has 1 atom stereocenters. The Labute approximate surface area is 78.8 Å². The Morgan fingerprint density at radius 2 is 2.54 bits per heavy atom. The third kappa shape index (κ3) is 2.72. The number of hydrogen-bond acceptors (Lipinski definition) is 2. The smallest absolute Gasteiger partial charge is 0.222 e. The van der Waals surface area contributed by atoms with E-state index >= 15 is 0 Å². The fourth-order valence-electron chi connectivity index (χ4n) is 1.58. The van der Waals surface area contributed by atoms with E-state index in [1.54, 1.807) is 0 Å². The summed E-state index contributed by atoms with van der Waals surface area (Å²) in [5.41, 5.74) is 5.19. The highest BCUT2D eigenvalue weighted by Crippen LogP contribution is 2.13. The number of rotatable bonds is 3. The van der Waals surface area contributed by atoms with Crippen LogP contribution in [-0.2, 0) is 4.79 Å². The fraction of sp³-hybridized carbons (Fsp3) is 0.778. The van der Waals surface area contributed by atoms with Gasteiger partial charge in [-0.3, -0.25) is 9.79 Å². The Bertz CT molecular complexity index is 203. The molecule has 0 aliphatic carbocycles. The molecule has 0 bridgehead atoms. The minimum atomic E-state index is 0.228. The van der Waals surface area contributed by atoms with Crippen LogP contribution in [0.25, 0.3) is 0 Å². The van der Waals surface area contributed by atoms with Gasteiger partial charge in [0.25, 0.3) is 0 Å². The van der Waals surface area contributed by atoms with Crippen LogP contribution in [0.1, 0.15) is 26.2 Å². The largest absolute Gasteiger partial charge is 0.390 e. The van der Waals surface area contributed by atoms with Crippen LogP contribution in [0.3, 0.4) is 0 Å². The molecule has 0 aromatic heterocycles. The highest BCUT2D eigenvalue weighted by atomic mass is 16.2. The third-order valence-electron chi connectivity index (χ3n) is 2.28. The third-order valence-corrected chi connectivity index (χ3v) is 2.28. The van der Waals surface area contributed by atoms with Crippen LogP contribution in [0, 0.1) is 0 Å². The van der Waals surface area contributed by atoms with E-state index in [1.807, 2.05) is 11.8 Å². The SMILES string of the molecule is CCCC(=O)N1CCC(N=CN)C1. The molecule has 0 saturated carbocycles. The number of likely N-dealkylation sites (tertiary alicyclic amines) is 1. The normalized spacial score (nSPS) is 22.8. The van der Waals surface area contributed by atoms with Gasteiger partial charge in [0.05, 0.1) is 12.4 Å². The van der Waals surface area contributed by atoms with E-state index in [0.717, 1.165) is 25.9 Å². The predicted octanol–water partition coefficient (Wildman–Crippen LogP) is 0.374. The summed E-state index contributed by atoms with van der Waals surface area (Å²) in [5, 5.41) is 0. The molecular formula is C9H17N3O. The van der Waals surface area contributed by atoms with Gasteiger partial charge in [-0.2, -0.15) is 0 Å². The summed E-state index contributed by atoms with van der Waals surface area (Å²) in [6.45, 7) is 3.59. The number of amides is 1. The lowest BCUT2D eigenvalue weighted by atomic mass is 10.3. The van der Waals surface area contributed by atoms with Gasteiger partial charge in [-0.05, 0) is 12.8 Å². The van der Waals surface area contributed by atoms with Crippen LogP contribution in [0.2, 0.25) is 0 Å². The molecule has 2 N–H and O–H groups in total. The fourth-order valence-corrected chi connectivity index (χ4v) is 1.58. The van der Waals surface area contributed by atoms with Gasteiger partial charge < -0.3 is 10.6 Å². The molecule has 4 nitrogen and oxygen atoms in total. The van der Waals surface area contributed by atoms with Crippen molar-refractivity contribution in [3.8, 4) is 0 Å². The number of carbonyl (C=O) groups is 1. The zero-order chi connectivity index (χ0) is 9.68. The first-order valence-corrected chi connectivity index (χ1v) is 4.79. The maximum absolute atomic E-state index is 11.4. The zero-order valence-corrected chi connectivity index (χ0v) is 8.07. The molecule has 0 radical (unpaired) electrons.